The maximum Gasteiger partial charge on any atom is 0.336 e. The number of benzene rings is 1. The minimum atomic E-state index is -0.712. The van der Waals surface area contributed by atoms with Crippen molar-refractivity contribution in [2.75, 3.05) is 12.3 Å². The summed E-state index contributed by atoms with van der Waals surface area (Å²) in [7, 11) is 0. The summed E-state index contributed by atoms with van der Waals surface area (Å²) in [5, 5.41) is 4.43. The minimum absolute atomic E-state index is 0. The molecule has 30 heavy (non-hydrogen) atoms. The zero-order chi connectivity index (χ0) is 20.1. The zero-order valence-corrected chi connectivity index (χ0v) is 15.7. The molecule has 2 aromatic heterocycles. The number of ether oxygens (including phenoxy) is 1. The van der Waals surface area contributed by atoms with Crippen molar-refractivity contribution in [1.82, 2.24) is 10.3 Å². The van der Waals surface area contributed by atoms with Gasteiger partial charge in [-0.15, -0.1) is 0 Å². The summed E-state index contributed by atoms with van der Waals surface area (Å²) >= 11 is 6.01. The van der Waals surface area contributed by atoms with Gasteiger partial charge in [0.05, 0.1) is 29.1 Å². The van der Waals surface area contributed by atoms with Gasteiger partial charge in [-0.2, -0.15) is 0 Å². The van der Waals surface area contributed by atoms with Gasteiger partial charge < -0.3 is 20.2 Å². The Morgan fingerprint density at radius 3 is 2.73 bits per heavy atom. The highest BCUT2D eigenvalue weighted by atomic mass is 35.5. The number of nitrogens with two attached hydrogens (primary N) is 1. The molecule has 0 fully saturated rings. The second-order valence-electron chi connectivity index (χ2n) is 6.66. The molecule has 2 aliphatic heterocycles. The van der Waals surface area contributed by atoms with Crippen LogP contribution in [0.4, 0.5) is 5.82 Å². The van der Waals surface area contributed by atoms with Crippen molar-refractivity contribution in [2.24, 2.45) is 0 Å². The second kappa shape index (κ2) is 7.25. The van der Waals surface area contributed by atoms with Crippen LogP contribution in [-0.4, -0.2) is 17.6 Å². The lowest BCUT2D eigenvalue weighted by Crippen LogP contribution is -2.25. The van der Waals surface area contributed by atoms with Gasteiger partial charge in [0.1, 0.15) is 23.8 Å². The van der Waals surface area contributed by atoms with Crippen molar-refractivity contribution in [3.05, 3.63) is 87.3 Å². The van der Waals surface area contributed by atoms with Gasteiger partial charge in [0.2, 0.25) is 5.70 Å². The van der Waals surface area contributed by atoms with E-state index in [1.165, 1.54) is 0 Å². The number of hydrogen-bond donors (Lipinski definition) is 2. The number of aromatic nitrogens is 1. The number of carbonyl (C=O) groups is 1. The Morgan fingerprint density at radius 1 is 1.27 bits per heavy atom. The Balaban J connectivity index is 0.00000218. The van der Waals surface area contributed by atoms with Crippen LogP contribution in [0.2, 0.25) is 5.02 Å². The molecule has 0 saturated heterocycles. The molecule has 0 saturated carbocycles. The Bertz CT molecular complexity index is 1280. The van der Waals surface area contributed by atoms with Crippen LogP contribution < -0.4 is 11.1 Å². The average Bonchev–Trinajstić information content (AvgIpc) is 3.32. The van der Waals surface area contributed by atoms with E-state index in [2.05, 4.69) is 15.1 Å². The van der Waals surface area contributed by atoms with Gasteiger partial charge in [0, 0.05) is 16.9 Å². The number of furan rings is 1. The first kappa shape index (κ1) is 19.6. The highest BCUT2D eigenvalue weighted by Crippen LogP contribution is 2.45. The number of cyclic esters (lactones) is 1. The van der Waals surface area contributed by atoms with E-state index in [1.807, 2.05) is 12.1 Å². The normalized spacial score (nSPS) is 17.9. The molecule has 1 aromatic carbocycles. The molecule has 1 atom stereocenters. The number of rotatable bonds is 2. The van der Waals surface area contributed by atoms with Crippen LogP contribution >= 0.6 is 11.6 Å². The number of nitrogens with zero attached hydrogens (tertiary/aromatic N) is 2. The van der Waals surface area contributed by atoms with Crippen molar-refractivity contribution in [3.63, 3.8) is 0 Å². The number of allylic oxidation sites excluding steroid dienone is 1. The number of esters is 1. The van der Waals surface area contributed by atoms with Crippen molar-refractivity contribution < 1.29 is 13.9 Å². The van der Waals surface area contributed by atoms with E-state index in [0.29, 0.717) is 50.2 Å². The summed E-state index contributed by atoms with van der Waals surface area (Å²) in [5.74, 6) is -0.428. The van der Waals surface area contributed by atoms with Crippen LogP contribution in [0.25, 0.3) is 21.5 Å². The fourth-order valence-corrected chi connectivity index (χ4v) is 3.81. The van der Waals surface area contributed by atoms with Gasteiger partial charge in [-0.3, -0.25) is 0 Å². The Morgan fingerprint density at radius 2 is 2.03 bits per heavy atom. The van der Waals surface area contributed by atoms with Gasteiger partial charge in [0.15, 0.2) is 0 Å². The third kappa shape index (κ3) is 2.90. The first-order chi connectivity index (χ1) is 14.1. The number of halogens is 1. The monoisotopic (exact) mass is 420 g/mol. The second-order valence-corrected chi connectivity index (χ2v) is 7.10. The fourth-order valence-electron chi connectivity index (χ4n) is 3.69. The lowest BCUT2D eigenvalue weighted by atomic mass is 9.87. The Hall–Kier alpha value is -3.76. The van der Waals surface area contributed by atoms with E-state index in [4.69, 9.17) is 33.1 Å². The first-order valence-electron chi connectivity index (χ1n) is 8.75. The van der Waals surface area contributed by atoms with E-state index >= 15 is 0 Å². The molecule has 0 amide bonds. The van der Waals surface area contributed by atoms with Gasteiger partial charge in [-0.05, 0) is 29.8 Å². The molecule has 3 N–H and O–H groups in total. The highest BCUT2D eigenvalue weighted by Gasteiger charge is 2.42. The molecule has 2 aliphatic rings. The molecular formula is C22H17ClN4O3. The molecule has 0 spiro atoms. The van der Waals surface area contributed by atoms with Crippen molar-refractivity contribution in [2.45, 2.75) is 13.3 Å². The standard InChI is InChI=1S/C21H13ClN4O3.CH4/c1-24-19-17(15-8-12-14(29-15)6-7-25-20(12)23)16-13(9-28-21(16)27)26-18(19)10-2-4-11(22)5-3-10;/h2-8,17,26H,9H2,(H2,23,25);1H4/t17-;/m1./s1. The van der Waals surface area contributed by atoms with Gasteiger partial charge in [-0.25, -0.2) is 14.6 Å². The maximum atomic E-state index is 12.5. The quantitative estimate of drug-likeness (QED) is 0.468. The van der Waals surface area contributed by atoms with E-state index in [0.717, 1.165) is 5.56 Å². The predicted molar refractivity (Wildman–Crippen MR) is 114 cm³/mol. The first-order valence-corrected chi connectivity index (χ1v) is 9.13. The van der Waals surface area contributed by atoms with E-state index in [9.17, 15) is 4.79 Å². The highest BCUT2D eigenvalue weighted by molar-refractivity contribution is 6.30. The van der Waals surface area contributed by atoms with E-state index in [-0.39, 0.29) is 14.0 Å². The van der Waals surface area contributed by atoms with Crippen LogP contribution in [0, 0.1) is 6.57 Å². The number of pyridine rings is 1. The van der Waals surface area contributed by atoms with Gasteiger partial charge >= 0.3 is 5.97 Å². The molecule has 5 rings (SSSR count). The van der Waals surface area contributed by atoms with Crippen LogP contribution in [0.1, 0.15) is 24.7 Å². The number of carbonyl (C=O) groups excluding carboxylic acids is 1. The summed E-state index contributed by atoms with van der Waals surface area (Å²) in [4.78, 5) is 20.3. The van der Waals surface area contributed by atoms with Crippen LogP contribution in [-0.2, 0) is 9.53 Å². The van der Waals surface area contributed by atoms with Crippen molar-refractivity contribution in [3.8, 4) is 0 Å². The van der Waals surface area contributed by atoms with E-state index < -0.39 is 11.9 Å². The fraction of sp³-hybridized carbons (Fsp3) is 0.136. The lowest BCUT2D eigenvalue weighted by molar-refractivity contribution is -0.136. The molecule has 4 heterocycles. The van der Waals surface area contributed by atoms with Gasteiger partial charge in [0.25, 0.3) is 0 Å². The summed E-state index contributed by atoms with van der Waals surface area (Å²) in [6.07, 6.45) is 1.55. The molecule has 0 unspecified atom stereocenters. The predicted octanol–water partition coefficient (Wildman–Crippen LogP) is 4.49. The number of dihydropyridines is 1. The number of hydrogen-bond acceptors (Lipinski definition) is 6. The Kier molecular flexibility index (Phi) is 4.72. The largest absolute Gasteiger partial charge is 0.461 e. The smallest absolute Gasteiger partial charge is 0.336 e. The SMILES string of the molecule is C.[C-]#[N+]C1=C(c2ccc(Cl)cc2)NC2=C(C(=O)OC2)[C@H]1c1cc2c(N)nccc2o1. The molecule has 150 valence electrons. The minimum Gasteiger partial charge on any atom is -0.461 e. The average molecular weight is 421 g/mol. The molecule has 7 nitrogen and oxygen atoms in total. The number of fused-ring (bicyclic) bond motifs is 1. The van der Waals surface area contributed by atoms with E-state index in [1.54, 1.807) is 30.5 Å². The molecule has 0 aliphatic carbocycles. The Labute approximate surface area is 177 Å². The van der Waals surface area contributed by atoms with Crippen LogP contribution in [0.5, 0.6) is 0 Å². The topological polar surface area (TPSA) is 94.7 Å². The number of nitrogens with one attached hydrogen (secondary N) is 1. The third-order valence-electron chi connectivity index (χ3n) is 5.02. The molecule has 8 heteroatoms. The molecule has 0 radical (unpaired) electrons. The summed E-state index contributed by atoms with van der Waals surface area (Å²) in [6, 6.07) is 10.5. The summed E-state index contributed by atoms with van der Waals surface area (Å²) in [5.41, 5.74) is 9.18. The zero-order valence-electron chi connectivity index (χ0n) is 14.9. The van der Waals surface area contributed by atoms with Crippen molar-refractivity contribution >= 4 is 40.1 Å². The molecular weight excluding hydrogens is 404 g/mol. The number of nitrogen functional groups attached to an aromatic ring is 1. The third-order valence-corrected chi connectivity index (χ3v) is 5.27. The summed E-state index contributed by atoms with van der Waals surface area (Å²) < 4.78 is 11.2. The number of anilines is 1. The van der Waals surface area contributed by atoms with Crippen LogP contribution in [0.3, 0.4) is 0 Å². The molecule has 0 bridgehead atoms. The summed E-state index contributed by atoms with van der Waals surface area (Å²) in [6.45, 7) is 7.95. The van der Waals surface area contributed by atoms with Crippen LogP contribution in [0.15, 0.2) is 64.0 Å². The molecule has 3 aromatic rings. The van der Waals surface area contributed by atoms with Crippen molar-refractivity contribution in [1.29, 1.82) is 0 Å². The lowest BCUT2D eigenvalue weighted by Gasteiger charge is -2.25. The van der Waals surface area contributed by atoms with Gasteiger partial charge in [-0.1, -0.05) is 31.2 Å². The maximum absolute atomic E-state index is 12.5.